The molecule has 0 spiro atoms. The largest absolute Gasteiger partial charge is 0.350 e. The van der Waals surface area contributed by atoms with Crippen molar-refractivity contribution in [1.29, 1.82) is 0 Å². The third-order valence-electron chi connectivity index (χ3n) is 2.97. The van der Waals surface area contributed by atoms with Crippen molar-refractivity contribution in [3.05, 3.63) is 17.0 Å². The summed E-state index contributed by atoms with van der Waals surface area (Å²) in [7, 11) is -3.47. The SMILES string of the molecule is Cc1csc(S(=O)(=O)NCC2(C)CCC(=O)N2)c1. The minimum absolute atomic E-state index is 0.0244. The Kier molecular flexibility index (Phi) is 3.48. The van der Waals surface area contributed by atoms with E-state index in [1.807, 2.05) is 13.8 Å². The van der Waals surface area contributed by atoms with Crippen LogP contribution in [0.5, 0.6) is 0 Å². The molecule has 1 aromatic rings. The van der Waals surface area contributed by atoms with Gasteiger partial charge in [-0.25, -0.2) is 13.1 Å². The molecule has 7 heteroatoms. The van der Waals surface area contributed by atoms with Crippen molar-refractivity contribution in [3.63, 3.8) is 0 Å². The maximum Gasteiger partial charge on any atom is 0.250 e. The summed E-state index contributed by atoms with van der Waals surface area (Å²) in [5, 5.41) is 4.60. The molecular formula is C11H16N2O3S2. The van der Waals surface area contributed by atoms with E-state index in [0.717, 1.165) is 5.56 Å². The lowest BCUT2D eigenvalue weighted by Crippen LogP contribution is -2.48. The Balaban J connectivity index is 2.04. The van der Waals surface area contributed by atoms with Crippen molar-refractivity contribution < 1.29 is 13.2 Å². The molecule has 0 aliphatic carbocycles. The number of hydrogen-bond donors (Lipinski definition) is 2. The van der Waals surface area contributed by atoms with Gasteiger partial charge < -0.3 is 5.32 Å². The summed E-state index contributed by atoms with van der Waals surface area (Å²) in [5.74, 6) is -0.0244. The van der Waals surface area contributed by atoms with Crippen LogP contribution in [0.4, 0.5) is 0 Å². The highest BCUT2D eigenvalue weighted by Crippen LogP contribution is 2.22. The summed E-state index contributed by atoms with van der Waals surface area (Å²) in [6, 6.07) is 1.64. The van der Waals surface area contributed by atoms with Gasteiger partial charge in [0.05, 0.1) is 5.54 Å². The van der Waals surface area contributed by atoms with Crippen LogP contribution >= 0.6 is 11.3 Å². The highest BCUT2D eigenvalue weighted by molar-refractivity contribution is 7.91. The summed E-state index contributed by atoms with van der Waals surface area (Å²) in [5.41, 5.74) is 0.456. The Bertz CT molecular complexity index is 565. The minimum atomic E-state index is -3.47. The van der Waals surface area contributed by atoms with Gasteiger partial charge in [0, 0.05) is 13.0 Å². The van der Waals surface area contributed by atoms with Crippen LogP contribution in [0, 0.1) is 6.92 Å². The van der Waals surface area contributed by atoms with Gasteiger partial charge in [-0.3, -0.25) is 4.79 Å². The first-order valence-corrected chi connectivity index (χ1v) is 8.03. The summed E-state index contributed by atoms with van der Waals surface area (Å²) >= 11 is 1.20. The van der Waals surface area contributed by atoms with Gasteiger partial charge in [0.2, 0.25) is 15.9 Å². The molecular weight excluding hydrogens is 272 g/mol. The molecule has 1 amide bonds. The predicted molar refractivity (Wildman–Crippen MR) is 70.0 cm³/mol. The topological polar surface area (TPSA) is 75.3 Å². The lowest BCUT2D eigenvalue weighted by molar-refractivity contribution is -0.119. The quantitative estimate of drug-likeness (QED) is 0.868. The smallest absolute Gasteiger partial charge is 0.250 e. The third kappa shape index (κ3) is 2.90. The van der Waals surface area contributed by atoms with Crippen molar-refractivity contribution in [1.82, 2.24) is 10.0 Å². The number of carbonyl (C=O) groups is 1. The molecule has 1 atom stereocenters. The van der Waals surface area contributed by atoms with Gasteiger partial charge in [-0.05, 0) is 37.3 Å². The Morgan fingerprint density at radius 1 is 1.56 bits per heavy atom. The molecule has 0 radical (unpaired) electrons. The number of sulfonamides is 1. The average Bonchev–Trinajstić information content (AvgIpc) is 2.84. The summed E-state index contributed by atoms with van der Waals surface area (Å²) in [6.45, 7) is 3.92. The van der Waals surface area contributed by atoms with E-state index >= 15 is 0 Å². The molecule has 18 heavy (non-hydrogen) atoms. The van der Waals surface area contributed by atoms with Crippen molar-refractivity contribution in [3.8, 4) is 0 Å². The third-order valence-corrected chi connectivity index (χ3v) is 5.93. The van der Waals surface area contributed by atoms with E-state index in [9.17, 15) is 13.2 Å². The normalized spacial score (nSPS) is 24.2. The second kappa shape index (κ2) is 4.64. The number of hydrogen-bond acceptors (Lipinski definition) is 4. The highest BCUT2D eigenvalue weighted by Gasteiger charge is 2.34. The maximum absolute atomic E-state index is 12.0. The Morgan fingerprint density at radius 2 is 2.28 bits per heavy atom. The second-order valence-electron chi connectivity index (χ2n) is 4.88. The molecule has 2 N–H and O–H groups in total. The molecule has 1 unspecified atom stereocenters. The first-order valence-electron chi connectivity index (χ1n) is 5.67. The van der Waals surface area contributed by atoms with E-state index in [4.69, 9.17) is 0 Å². The molecule has 1 aliphatic heterocycles. The van der Waals surface area contributed by atoms with Gasteiger partial charge in [-0.15, -0.1) is 11.3 Å². The maximum atomic E-state index is 12.0. The fourth-order valence-electron chi connectivity index (χ4n) is 1.85. The van der Waals surface area contributed by atoms with Gasteiger partial charge in [-0.1, -0.05) is 0 Å². The standard InChI is InChI=1S/C11H16N2O3S2/c1-8-5-10(17-6-8)18(15,16)12-7-11(2)4-3-9(14)13-11/h5-6,12H,3-4,7H2,1-2H3,(H,13,14). The number of amides is 1. The molecule has 2 heterocycles. The molecule has 2 rings (SSSR count). The zero-order chi connectivity index (χ0) is 13.4. The van der Waals surface area contributed by atoms with Gasteiger partial charge in [0.15, 0.2) is 0 Å². The van der Waals surface area contributed by atoms with Crippen LogP contribution in [0.25, 0.3) is 0 Å². The predicted octanol–water partition coefficient (Wildman–Crippen LogP) is 1.00. The van der Waals surface area contributed by atoms with Crippen LogP contribution in [0.2, 0.25) is 0 Å². The van der Waals surface area contributed by atoms with Crippen LogP contribution in [-0.2, 0) is 14.8 Å². The molecule has 1 saturated heterocycles. The van der Waals surface area contributed by atoms with Crippen molar-refractivity contribution >= 4 is 27.3 Å². The van der Waals surface area contributed by atoms with E-state index in [2.05, 4.69) is 10.0 Å². The van der Waals surface area contributed by atoms with E-state index in [-0.39, 0.29) is 12.5 Å². The van der Waals surface area contributed by atoms with Crippen LogP contribution in [0.3, 0.4) is 0 Å². The summed E-state index contributed by atoms with van der Waals surface area (Å²) in [6.07, 6.45) is 1.11. The van der Waals surface area contributed by atoms with Gasteiger partial charge in [0.25, 0.3) is 0 Å². The van der Waals surface area contributed by atoms with Crippen LogP contribution in [-0.4, -0.2) is 26.4 Å². The van der Waals surface area contributed by atoms with Gasteiger partial charge in [-0.2, -0.15) is 0 Å². The number of nitrogens with one attached hydrogen (secondary N) is 2. The van der Waals surface area contributed by atoms with E-state index in [0.29, 0.717) is 17.1 Å². The Hall–Kier alpha value is -0.920. The fourth-order valence-corrected chi connectivity index (χ4v) is 4.30. The number of thiophene rings is 1. The fraction of sp³-hybridized carbons (Fsp3) is 0.545. The van der Waals surface area contributed by atoms with Crippen molar-refractivity contribution in [2.75, 3.05) is 6.54 Å². The molecule has 0 saturated carbocycles. The lowest BCUT2D eigenvalue weighted by atomic mass is 10.0. The molecule has 1 fully saturated rings. The zero-order valence-electron chi connectivity index (χ0n) is 10.3. The van der Waals surface area contributed by atoms with E-state index in [1.54, 1.807) is 11.4 Å². The van der Waals surface area contributed by atoms with Crippen LogP contribution < -0.4 is 10.0 Å². The number of aryl methyl sites for hydroxylation is 1. The van der Waals surface area contributed by atoms with Crippen molar-refractivity contribution in [2.24, 2.45) is 0 Å². The van der Waals surface area contributed by atoms with Gasteiger partial charge >= 0.3 is 0 Å². The minimum Gasteiger partial charge on any atom is -0.350 e. The average molecular weight is 288 g/mol. The number of rotatable bonds is 4. The second-order valence-corrected chi connectivity index (χ2v) is 7.78. The number of carbonyl (C=O) groups excluding carboxylic acids is 1. The molecule has 1 aromatic heterocycles. The van der Waals surface area contributed by atoms with Crippen LogP contribution in [0.15, 0.2) is 15.7 Å². The lowest BCUT2D eigenvalue weighted by Gasteiger charge is -2.23. The highest BCUT2D eigenvalue weighted by atomic mass is 32.2. The first kappa shape index (κ1) is 13.5. The molecule has 1 aliphatic rings. The van der Waals surface area contributed by atoms with E-state index < -0.39 is 15.6 Å². The van der Waals surface area contributed by atoms with Gasteiger partial charge in [0.1, 0.15) is 4.21 Å². The Labute approximate surface area is 111 Å². The van der Waals surface area contributed by atoms with Crippen LogP contribution in [0.1, 0.15) is 25.3 Å². The Morgan fingerprint density at radius 3 is 2.78 bits per heavy atom. The molecule has 5 nitrogen and oxygen atoms in total. The summed E-state index contributed by atoms with van der Waals surface area (Å²) in [4.78, 5) is 11.2. The summed E-state index contributed by atoms with van der Waals surface area (Å²) < 4.78 is 26.9. The van der Waals surface area contributed by atoms with E-state index in [1.165, 1.54) is 11.3 Å². The monoisotopic (exact) mass is 288 g/mol. The zero-order valence-corrected chi connectivity index (χ0v) is 12.0. The molecule has 0 bridgehead atoms. The van der Waals surface area contributed by atoms with Crippen molar-refractivity contribution in [2.45, 2.75) is 36.4 Å². The molecule has 100 valence electrons. The first-order chi connectivity index (χ1) is 8.31. The molecule has 0 aromatic carbocycles.